The summed E-state index contributed by atoms with van der Waals surface area (Å²) in [5.41, 5.74) is 0.302. The van der Waals surface area contributed by atoms with E-state index < -0.39 is 17.7 Å². The van der Waals surface area contributed by atoms with Crippen LogP contribution in [0.3, 0.4) is 0 Å². The van der Waals surface area contributed by atoms with Crippen LogP contribution in [0.25, 0.3) is 0 Å². The van der Waals surface area contributed by atoms with E-state index in [1.807, 2.05) is 25.1 Å². The normalized spacial score (nSPS) is 14.9. The van der Waals surface area contributed by atoms with Gasteiger partial charge in [0.05, 0.1) is 0 Å². The fourth-order valence-electron chi connectivity index (χ4n) is 3.55. The quantitative estimate of drug-likeness (QED) is 0.434. The smallest absolute Gasteiger partial charge is 0.408 e. The van der Waals surface area contributed by atoms with Crippen molar-refractivity contribution in [2.24, 2.45) is 0 Å². The lowest BCUT2D eigenvalue weighted by atomic mass is 10.1. The summed E-state index contributed by atoms with van der Waals surface area (Å²) in [6.45, 7) is 13.7. The number of ether oxygens (including phenoxy) is 1. The van der Waals surface area contributed by atoms with E-state index in [2.05, 4.69) is 27.1 Å². The van der Waals surface area contributed by atoms with E-state index >= 15 is 0 Å². The maximum atomic E-state index is 13.3. The standard InChI is InChI=1S/C24H37N5O4/c1-6-21(30)25-13-8-7-11-19(27-23(32)33-24(3,4)5)22(31)29-16-14-28(15-17-29)20-12-9-10-18(2)26-20/h6,9-10,12,19H,1,7-8,11,13-17H2,2-5H3,(H,25,30)(H,27,32)/t19-/m0/s1. The molecule has 1 saturated heterocycles. The predicted octanol–water partition coefficient (Wildman–Crippen LogP) is 2.40. The van der Waals surface area contributed by atoms with Crippen LogP contribution in [0.4, 0.5) is 10.6 Å². The molecule has 182 valence electrons. The molecule has 33 heavy (non-hydrogen) atoms. The second-order valence-electron chi connectivity index (χ2n) is 9.14. The molecule has 1 aromatic rings. The zero-order chi connectivity index (χ0) is 24.4. The molecule has 0 radical (unpaired) electrons. The average Bonchev–Trinajstić information content (AvgIpc) is 2.76. The van der Waals surface area contributed by atoms with Crippen LogP contribution < -0.4 is 15.5 Å². The van der Waals surface area contributed by atoms with Gasteiger partial charge in [0.2, 0.25) is 11.8 Å². The Labute approximate surface area is 196 Å². The first-order valence-corrected chi connectivity index (χ1v) is 11.5. The molecular weight excluding hydrogens is 422 g/mol. The largest absolute Gasteiger partial charge is 0.444 e. The van der Waals surface area contributed by atoms with Crippen LogP contribution in [0, 0.1) is 6.92 Å². The first-order valence-electron chi connectivity index (χ1n) is 11.5. The number of rotatable bonds is 9. The van der Waals surface area contributed by atoms with Crippen molar-refractivity contribution in [1.29, 1.82) is 0 Å². The van der Waals surface area contributed by atoms with Crippen LogP contribution >= 0.6 is 0 Å². The zero-order valence-corrected chi connectivity index (χ0v) is 20.2. The molecule has 9 nitrogen and oxygen atoms in total. The lowest BCUT2D eigenvalue weighted by Gasteiger charge is -2.37. The van der Waals surface area contributed by atoms with Gasteiger partial charge in [-0.25, -0.2) is 9.78 Å². The third-order valence-corrected chi connectivity index (χ3v) is 5.18. The predicted molar refractivity (Wildman–Crippen MR) is 128 cm³/mol. The molecule has 1 fully saturated rings. The van der Waals surface area contributed by atoms with Gasteiger partial charge in [-0.15, -0.1) is 0 Å². The number of unbranched alkanes of at least 4 members (excludes halogenated alkanes) is 1. The van der Waals surface area contributed by atoms with Crippen LogP contribution in [0.2, 0.25) is 0 Å². The number of hydrogen-bond donors (Lipinski definition) is 2. The number of alkyl carbamates (subject to hydrolysis) is 1. The minimum absolute atomic E-state index is 0.118. The molecule has 0 aromatic carbocycles. The first kappa shape index (κ1) is 26.2. The average molecular weight is 460 g/mol. The minimum atomic E-state index is -0.682. The highest BCUT2D eigenvalue weighted by atomic mass is 16.6. The van der Waals surface area contributed by atoms with E-state index in [1.54, 1.807) is 25.7 Å². The van der Waals surface area contributed by atoms with Gasteiger partial charge in [-0.3, -0.25) is 9.59 Å². The number of aryl methyl sites for hydroxylation is 1. The van der Waals surface area contributed by atoms with E-state index in [0.29, 0.717) is 52.0 Å². The van der Waals surface area contributed by atoms with Gasteiger partial charge in [-0.05, 0) is 65.2 Å². The number of pyridine rings is 1. The van der Waals surface area contributed by atoms with Crippen LogP contribution in [0.5, 0.6) is 0 Å². The van der Waals surface area contributed by atoms with E-state index in [-0.39, 0.29) is 11.8 Å². The fourth-order valence-corrected chi connectivity index (χ4v) is 3.55. The Morgan fingerprint density at radius 3 is 2.48 bits per heavy atom. The van der Waals surface area contributed by atoms with Crippen molar-refractivity contribution in [3.8, 4) is 0 Å². The third kappa shape index (κ3) is 9.11. The number of anilines is 1. The van der Waals surface area contributed by atoms with E-state index in [4.69, 9.17) is 4.74 Å². The molecule has 2 heterocycles. The lowest BCUT2D eigenvalue weighted by Crippen LogP contribution is -2.55. The summed E-state index contributed by atoms with van der Waals surface area (Å²) in [5.74, 6) is 0.565. The van der Waals surface area contributed by atoms with Crippen molar-refractivity contribution in [2.75, 3.05) is 37.6 Å². The van der Waals surface area contributed by atoms with Gasteiger partial charge in [0, 0.05) is 38.4 Å². The van der Waals surface area contributed by atoms with Gasteiger partial charge in [-0.2, -0.15) is 0 Å². The second-order valence-corrected chi connectivity index (χ2v) is 9.14. The monoisotopic (exact) mass is 459 g/mol. The number of nitrogens with one attached hydrogen (secondary N) is 2. The van der Waals surface area contributed by atoms with Gasteiger partial charge < -0.3 is 25.2 Å². The van der Waals surface area contributed by atoms with Crippen molar-refractivity contribution < 1.29 is 19.1 Å². The van der Waals surface area contributed by atoms with Gasteiger partial charge in [-0.1, -0.05) is 12.6 Å². The minimum Gasteiger partial charge on any atom is -0.444 e. The number of nitrogens with zero attached hydrogens (tertiary/aromatic N) is 3. The number of carbonyl (C=O) groups is 3. The third-order valence-electron chi connectivity index (χ3n) is 5.18. The Hall–Kier alpha value is -3.10. The molecule has 1 atom stereocenters. The Bertz CT molecular complexity index is 828. The molecule has 9 heteroatoms. The molecular formula is C24H37N5O4. The molecule has 0 saturated carbocycles. The Balaban J connectivity index is 1.94. The highest BCUT2D eigenvalue weighted by Crippen LogP contribution is 2.16. The molecule has 0 unspecified atom stereocenters. The molecule has 2 rings (SSSR count). The van der Waals surface area contributed by atoms with E-state index in [1.165, 1.54) is 6.08 Å². The van der Waals surface area contributed by atoms with Crippen LogP contribution in [-0.4, -0.2) is 72.2 Å². The van der Waals surface area contributed by atoms with E-state index in [9.17, 15) is 14.4 Å². The highest BCUT2D eigenvalue weighted by Gasteiger charge is 2.30. The van der Waals surface area contributed by atoms with Crippen molar-refractivity contribution >= 4 is 23.7 Å². The fraction of sp³-hybridized carbons (Fsp3) is 0.583. The number of amides is 3. The number of piperazine rings is 1. The molecule has 0 bridgehead atoms. The first-order chi connectivity index (χ1) is 15.6. The molecule has 1 aliphatic heterocycles. The van der Waals surface area contributed by atoms with Crippen LogP contribution in [0.1, 0.15) is 45.7 Å². The number of aromatic nitrogens is 1. The SMILES string of the molecule is C=CC(=O)NCCCC[C@H](NC(=O)OC(C)(C)C)C(=O)N1CCN(c2cccc(C)n2)CC1. The van der Waals surface area contributed by atoms with Crippen molar-refractivity contribution in [3.63, 3.8) is 0 Å². The molecule has 3 amide bonds. The molecule has 1 aromatic heterocycles. The summed E-state index contributed by atoms with van der Waals surface area (Å²) in [6.07, 6.45) is 2.43. The van der Waals surface area contributed by atoms with Crippen LogP contribution in [0.15, 0.2) is 30.9 Å². The zero-order valence-electron chi connectivity index (χ0n) is 20.2. The molecule has 0 spiro atoms. The Morgan fingerprint density at radius 2 is 1.88 bits per heavy atom. The van der Waals surface area contributed by atoms with Gasteiger partial charge in [0.1, 0.15) is 17.5 Å². The van der Waals surface area contributed by atoms with Crippen LogP contribution in [-0.2, 0) is 14.3 Å². The maximum Gasteiger partial charge on any atom is 0.408 e. The molecule has 1 aliphatic rings. The van der Waals surface area contributed by atoms with E-state index in [0.717, 1.165) is 11.5 Å². The number of carbonyl (C=O) groups excluding carboxylic acids is 3. The summed E-state index contributed by atoms with van der Waals surface area (Å²) >= 11 is 0. The summed E-state index contributed by atoms with van der Waals surface area (Å²) in [6, 6.07) is 5.23. The van der Waals surface area contributed by atoms with Crippen molar-refractivity contribution in [1.82, 2.24) is 20.5 Å². The Morgan fingerprint density at radius 1 is 1.18 bits per heavy atom. The summed E-state index contributed by atoms with van der Waals surface area (Å²) in [4.78, 5) is 45.4. The molecule has 2 N–H and O–H groups in total. The lowest BCUT2D eigenvalue weighted by molar-refractivity contribution is -0.134. The van der Waals surface area contributed by atoms with Crippen molar-refractivity contribution in [3.05, 3.63) is 36.5 Å². The number of hydrogen-bond acceptors (Lipinski definition) is 6. The molecule has 0 aliphatic carbocycles. The van der Waals surface area contributed by atoms with Gasteiger partial charge >= 0.3 is 6.09 Å². The summed E-state index contributed by atoms with van der Waals surface area (Å²) in [5, 5.41) is 5.47. The van der Waals surface area contributed by atoms with Gasteiger partial charge in [0.25, 0.3) is 0 Å². The Kier molecular flexibility index (Phi) is 9.69. The topological polar surface area (TPSA) is 104 Å². The summed E-state index contributed by atoms with van der Waals surface area (Å²) in [7, 11) is 0. The summed E-state index contributed by atoms with van der Waals surface area (Å²) < 4.78 is 5.36. The van der Waals surface area contributed by atoms with Crippen molar-refractivity contribution in [2.45, 2.75) is 58.6 Å². The maximum absolute atomic E-state index is 13.3. The second kappa shape index (κ2) is 12.2. The van der Waals surface area contributed by atoms with Gasteiger partial charge in [0.15, 0.2) is 0 Å². The highest BCUT2D eigenvalue weighted by molar-refractivity contribution is 5.87.